The predicted octanol–water partition coefficient (Wildman–Crippen LogP) is 2.69. The van der Waals surface area contributed by atoms with Crippen molar-refractivity contribution in [2.75, 3.05) is 27.2 Å². The van der Waals surface area contributed by atoms with Crippen molar-refractivity contribution in [3.05, 3.63) is 0 Å². The van der Waals surface area contributed by atoms with Crippen LogP contribution in [-0.2, 0) is 0 Å². The highest BCUT2D eigenvalue weighted by molar-refractivity contribution is 5.42. The highest BCUT2D eigenvalue weighted by Gasteiger charge is 2.12. The van der Waals surface area contributed by atoms with Crippen LogP contribution >= 0.6 is 0 Å². The second-order valence-electron chi connectivity index (χ2n) is 4.81. The zero-order valence-corrected chi connectivity index (χ0v) is 10.9. The molecule has 0 saturated heterocycles. The molecule has 0 saturated carbocycles. The number of nitrogens with zero attached hydrogens (tertiary/aromatic N) is 3. The highest BCUT2D eigenvalue weighted by atomic mass is 15.0. The topological polar surface area (TPSA) is 28.0 Å². The number of aliphatic imine (C=N–C) groups is 2. The largest absolute Gasteiger partial charge is 0.309 e. The molecule has 0 fully saturated rings. The first-order chi connectivity index (χ1) is 6.98. The Balaban J connectivity index is 3.79. The maximum absolute atomic E-state index is 4.33. The Morgan fingerprint density at radius 1 is 1.27 bits per heavy atom. The highest BCUT2D eigenvalue weighted by Crippen LogP contribution is 2.14. The van der Waals surface area contributed by atoms with E-state index in [1.807, 2.05) is 0 Å². The molecule has 0 aromatic heterocycles. The van der Waals surface area contributed by atoms with E-state index >= 15 is 0 Å². The molecule has 0 aromatic rings. The van der Waals surface area contributed by atoms with Crippen LogP contribution in [0.1, 0.15) is 40.0 Å². The van der Waals surface area contributed by atoms with Gasteiger partial charge in [-0.05, 0) is 47.3 Å². The minimum Gasteiger partial charge on any atom is -0.309 e. The summed E-state index contributed by atoms with van der Waals surface area (Å²) in [5.74, 6) is 0. The molecule has 0 atom stereocenters. The summed E-state index contributed by atoms with van der Waals surface area (Å²) in [6.45, 7) is 8.32. The van der Waals surface area contributed by atoms with Gasteiger partial charge < -0.3 is 4.90 Å². The molecule has 88 valence electrons. The SMILES string of the molecule is CCCC(C)(C)N=C=NCCCN(C)C. The van der Waals surface area contributed by atoms with Crippen molar-refractivity contribution in [2.24, 2.45) is 9.98 Å². The smallest absolute Gasteiger partial charge is 0.0898 e. The summed E-state index contributed by atoms with van der Waals surface area (Å²) in [7, 11) is 4.14. The van der Waals surface area contributed by atoms with Crippen LogP contribution < -0.4 is 0 Å². The zero-order valence-electron chi connectivity index (χ0n) is 10.9. The maximum Gasteiger partial charge on any atom is 0.0898 e. The number of hydrogen-bond donors (Lipinski definition) is 0. The second-order valence-corrected chi connectivity index (χ2v) is 4.81. The lowest BCUT2D eigenvalue weighted by molar-refractivity contribution is 0.403. The van der Waals surface area contributed by atoms with E-state index in [1.165, 1.54) is 0 Å². The van der Waals surface area contributed by atoms with Crippen molar-refractivity contribution in [3.8, 4) is 0 Å². The monoisotopic (exact) mass is 211 g/mol. The normalized spacial score (nSPS) is 11.3. The zero-order chi connectivity index (χ0) is 11.7. The van der Waals surface area contributed by atoms with E-state index in [1.54, 1.807) is 0 Å². The molecule has 0 amide bonds. The fourth-order valence-corrected chi connectivity index (χ4v) is 1.35. The van der Waals surface area contributed by atoms with Gasteiger partial charge in [0.05, 0.1) is 18.1 Å². The Labute approximate surface area is 94.3 Å². The fourth-order valence-electron chi connectivity index (χ4n) is 1.35. The van der Waals surface area contributed by atoms with Crippen LogP contribution in [-0.4, -0.2) is 43.6 Å². The van der Waals surface area contributed by atoms with Crippen molar-refractivity contribution < 1.29 is 0 Å². The lowest BCUT2D eigenvalue weighted by Crippen LogP contribution is -2.15. The molecule has 0 spiro atoms. The number of rotatable bonds is 7. The summed E-state index contributed by atoms with van der Waals surface area (Å²) < 4.78 is 0. The standard InChI is InChI=1S/C12H25N3/c1-6-8-12(2,3)14-11-13-9-7-10-15(4)5/h6-10H2,1-5H3. The van der Waals surface area contributed by atoms with Crippen LogP contribution in [0, 0.1) is 0 Å². The van der Waals surface area contributed by atoms with E-state index in [0.29, 0.717) is 0 Å². The van der Waals surface area contributed by atoms with E-state index in [0.717, 1.165) is 32.4 Å². The van der Waals surface area contributed by atoms with Crippen LogP contribution in [0.3, 0.4) is 0 Å². The van der Waals surface area contributed by atoms with Crippen molar-refractivity contribution in [1.82, 2.24) is 4.90 Å². The van der Waals surface area contributed by atoms with E-state index in [9.17, 15) is 0 Å². The Morgan fingerprint density at radius 2 is 1.93 bits per heavy atom. The van der Waals surface area contributed by atoms with E-state index in [2.05, 4.69) is 55.8 Å². The molecular weight excluding hydrogens is 186 g/mol. The molecule has 15 heavy (non-hydrogen) atoms. The molecule has 3 heteroatoms. The molecule has 0 heterocycles. The molecule has 0 aromatic carbocycles. The van der Waals surface area contributed by atoms with Crippen molar-refractivity contribution in [3.63, 3.8) is 0 Å². The minimum absolute atomic E-state index is 0.000200. The Kier molecular flexibility index (Phi) is 7.27. The first-order valence-corrected chi connectivity index (χ1v) is 5.76. The van der Waals surface area contributed by atoms with Gasteiger partial charge in [-0.25, -0.2) is 9.98 Å². The average Bonchev–Trinajstić information content (AvgIpc) is 2.10. The Bertz CT molecular complexity index is 213. The van der Waals surface area contributed by atoms with Crippen LogP contribution in [0.25, 0.3) is 0 Å². The molecule has 0 radical (unpaired) electrons. The van der Waals surface area contributed by atoms with E-state index in [4.69, 9.17) is 0 Å². The van der Waals surface area contributed by atoms with Gasteiger partial charge in [0.15, 0.2) is 0 Å². The molecule has 0 aliphatic carbocycles. The van der Waals surface area contributed by atoms with Crippen molar-refractivity contribution in [1.29, 1.82) is 0 Å². The van der Waals surface area contributed by atoms with Crippen LogP contribution in [0.5, 0.6) is 0 Å². The van der Waals surface area contributed by atoms with Gasteiger partial charge >= 0.3 is 0 Å². The Morgan fingerprint density at radius 3 is 2.47 bits per heavy atom. The van der Waals surface area contributed by atoms with Gasteiger partial charge in [-0.2, -0.15) is 0 Å². The maximum atomic E-state index is 4.33. The molecule has 0 N–H and O–H groups in total. The third-order valence-corrected chi connectivity index (χ3v) is 2.16. The van der Waals surface area contributed by atoms with Gasteiger partial charge in [-0.15, -0.1) is 0 Å². The average molecular weight is 211 g/mol. The van der Waals surface area contributed by atoms with Gasteiger partial charge in [0.1, 0.15) is 0 Å². The summed E-state index contributed by atoms with van der Waals surface area (Å²) in [6, 6.07) is 2.82. The van der Waals surface area contributed by atoms with E-state index < -0.39 is 0 Å². The summed E-state index contributed by atoms with van der Waals surface area (Å²) in [5, 5.41) is 0. The molecule has 0 unspecified atom stereocenters. The van der Waals surface area contributed by atoms with Crippen LogP contribution in [0.4, 0.5) is 0 Å². The third-order valence-electron chi connectivity index (χ3n) is 2.16. The lowest BCUT2D eigenvalue weighted by Gasteiger charge is -2.15. The van der Waals surface area contributed by atoms with Gasteiger partial charge in [-0.3, -0.25) is 0 Å². The molecule has 0 bridgehead atoms. The van der Waals surface area contributed by atoms with Gasteiger partial charge in [0.25, 0.3) is 0 Å². The van der Waals surface area contributed by atoms with Crippen LogP contribution in [0.2, 0.25) is 0 Å². The fraction of sp³-hybridized carbons (Fsp3) is 0.917. The summed E-state index contributed by atoms with van der Waals surface area (Å²) >= 11 is 0. The first-order valence-electron chi connectivity index (χ1n) is 5.76. The van der Waals surface area contributed by atoms with Crippen LogP contribution in [0.15, 0.2) is 9.98 Å². The summed E-state index contributed by atoms with van der Waals surface area (Å²) in [5.41, 5.74) is -0.000200. The van der Waals surface area contributed by atoms with Crippen molar-refractivity contribution >= 4 is 6.01 Å². The van der Waals surface area contributed by atoms with Crippen molar-refractivity contribution in [2.45, 2.75) is 45.6 Å². The summed E-state index contributed by atoms with van der Waals surface area (Å²) in [6.07, 6.45) is 3.32. The molecular formula is C12H25N3. The predicted molar refractivity (Wildman–Crippen MR) is 66.9 cm³/mol. The lowest BCUT2D eigenvalue weighted by atomic mass is 10.0. The minimum atomic E-state index is -0.000200. The summed E-state index contributed by atoms with van der Waals surface area (Å²) in [4.78, 5) is 10.7. The number of hydrogen-bond acceptors (Lipinski definition) is 3. The molecule has 0 aliphatic rings. The quantitative estimate of drug-likeness (QED) is 0.470. The van der Waals surface area contributed by atoms with Gasteiger partial charge in [0, 0.05) is 0 Å². The molecule has 0 aliphatic heterocycles. The van der Waals surface area contributed by atoms with Gasteiger partial charge in [0.2, 0.25) is 0 Å². The van der Waals surface area contributed by atoms with E-state index in [-0.39, 0.29) is 5.54 Å². The second kappa shape index (κ2) is 7.61. The van der Waals surface area contributed by atoms with Gasteiger partial charge in [-0.1, -0.05) is 13.3 Å². The molecule has 0 rings (SSSR count). The molecule has 3 nitrogen and oxygen atoms in total. The third kappa shape index (κ3) is 9.64. The Hall–Kier alpha value is -0.660. The first kappa shape index (κ1) is 14.3.